The van der Waals surface area contributed by atoms with Crippen molar-refractivity contribution < 1.29 is 19.4 Å². The third-order valence-corrected chi connectivity index (χ3v) is 3.27. The minimum absolute atomic E-state index is 0.228. The van der Waals surface area contributed by atoms with Crippen molar-refractivity contribution in [2.75, 3.05) is 46.6 Å². The van der Waals surface area contributed by atoms with Gasteiger partial charge in [-0.3, -0.25) is 4.79 Å². The number of aliphatic carboxylic acids is 1. The number of nitrogens with zero attached hydrogens (tertiary/aromatic N) is 1. The first-order valence-corrected chi connectivity index (χ1v) is 6.17. The monoisotopic (exact) mass is 245 g/mol. The molecule has 5 nitrogen and oxygen atoms in total. The lowest BCUT2D eigenvalue weighted by atomic mass is 9.87. The summed E-state index contributed by atoms with van der Waals surface area (Å²) in [4.78, 5) is 13.0. The van der Waals surface area contributed by atoms with Gasteiger partial charge in [0.1, 0.15) is 0 Å². The molecule has 0 bridgehead atoms. The van der Waals surface area contributed by atoms with Crippen LogP contribution in [0.2, 0.25) is 0 Å². The minimum Gasteiger partial charge on any atom is -0.481 e. The Morgan fingerprint density at radius 1 is 1.41 bits per heavy atom. The first-order chi connectivity index (χ1) is 8.15. The second-order valence-corrected chi connectivity index (χ2v) is 4.61. The van der Waals surface area contributed by atoms with Crippen LogP contribution in [0.5, 0.6) is 0 Å². The molecule has 0 aromatic rings. The molecule has 1 N–H and O–H groups in total. The summed E-state index contributed by atoms with van der Waals surface area (Å²) in [5, 5.41) is 8.85. The van der Waals surface area contributed by atoms with Crippen LogP contribution in [0, 0.1) is 11.8 Å². The number of rotatable bonds is 9. The molecule has 1 fully saturated rings. The molecule has 1 atom stereocenters. The number of hydrogen-bond donors (Lipinski definition) is 1. The molecule has 1 aliphatic rings. The van der Waals surface area contributed by atoms with E-state index in [0.717, 1.165) is 45.9 Å². The van der Waals surface area contributed by atoms with E-state index < -0.39 is 5.97 Å². The lowest BCUT2D eigenvalue weighted by Crippen LogP contribution is -2.51. The van der Waals surface area contributed by atoms with Crippen molar-refractivity contribution in [1.82, 2.24) is 4.90 Å². The van der Waals surface area contributed by atoms with Gasteiger partial charge < -0.3 is 19.5 Å². The highest BCUT2D eigenvalue weighted by molar-refractivity contribution is 5.70. The zero-order chi connectivity index (χ0) is 12.7. The van der Waals surface area contributed by atoms with E-state index in [1.165, 1.54) is 0 Å². The number of carboxylic acids is 1. The van der Waals surface area contributed by atoms with Crippen LogP contribution >= 0.6 is 0 Å². The normalized spacial score (nSPS) is 18.9. The molecule has 0 radical (unpaired) electrons. The molecular weight excluding hydrogens is 222 g/mol. The Bertz CT molecular complexity index is 229. The smallest absolute Gasteiger partial charge is 0.306 e. The largest absolute Gasteiger partial charge is 0.481 e. The second kappa shape index (κ2) is 7.63. The summed E-state index contributed by atoms with van der Waals surface area (Å²) in [7, 11) is 1.68. The molecule has 1 heterocycles. The molecule has 1 unspecified atom stereocenters. The van der Waals surface area contributed by atoms with Crippen molar-refractivity contribution in [1.29, 1.82) is 0 Å². The zero-order valence-corrected chi connectivity index (χ0v) is 10.7. The van der Waals surface area contributed by atoms with E-state index in [2.05, 4.69) is 4.90 Å². The minimum atomic E-state index is -0.689. The maximum absolute atomic E-state index is 10.7. The molecule has 5 heteroatoms. The lowest BCUT2D eigenvalue weighted by Gasteiger charge is -2.41. The number of hydrogen-bond acceptors (Lipinski definition) is 4. The van der Waals surface area contributed by atoms with E-state index in [4.69, 9.17) is 14.6 Å². The van der Waals surface area contributed by atoms with Crippen LogP contribution in [0.1, 0.15) is 13.3 Å². The van der Waals surface area contributed by atoms with E-state index in [0.29, 0.717) is 5.92 Å². The Kier molecular flexibility index (Phi) is 6.47. The summed E-state index contributed by atoms with van der Waals surface area (Å²) in [6.07, 6.45) is 0.926. The van der Waals surface area contributed by atoms with Gasteiger partial charge in [0.2, 0.25) is 0 Å². The fourth-order valence-electron chi connectivity index (χ4n) is 1.91. The van der Waals surface area contributed by atoms with Crippen LogP contribution in [0.4, 0.5) is 0 Å². The van der Waals surface area contributed by atoms with Crippen LogP contribution in [-0.4, -0.2) is 62.5 Å². The Balaban J connectivity index is 1.93. The molecule has 100 valence electrons. The molecule has 1 saturated heterocycles. The average molecular weight is 245 g/mol. The Labute approximate surface area is 103 Å². The molecule has 0 aromatic heterocycles. The lowest BCUT2D eigenvalue weighted by molar-refractivity contribution is -0.145. The van der Waals surface area contributed by atoms with Gasteiger partial charge in [0.25, 0.3) is 0 Å². The molecule has 0 amide bonds. The summed E-state index contributed by atoms with van der Waals surface area (Å²) < 4.78 is 10.4. The van der Waals surface area contributed by atoms with Crippen LogP contribution in [0.15, 0.2) is 0 Å². The Morgan fingerprint density at radius 2 is 2.12 bits per heavy atom. The van der Waals surface area contributed by atoms with Gasteiger partial charge >= 0.3 is 5.97 Å². The highest BCUT2D eigenvalue weighted by Crippen LogP contribution is 2.23. The quantitative estimate of drug-likeness (QED) is 0.606. The van der Waals surface area contributed by atoms with E-state index >= 15 is 0 Å². The van der Waals surface area contributed by atoms with Crippen LogP contribution in [0.25, 0.3) is 0 Å². The molecule has 17 heavy (non-hydrogen) atoms. The fourth-order valence-corrected chi connectivity index (χ4v) is 1.91. The molecule has 0 aliphatic carbocycles. The number of carboxylic acid groups (broad SMARTS) is 1. The van der Waals surface area contributed by atoms with Crippen LogP contribution in [0.3, 0.4) is 0 Å². The topological polar surface area (TPSA) is 59.0 Å². The first-order valence-electron chi connectivity index (χ1n) is 6.17. The molecule has 0 spiro atoms. The maximum atomic E-state index is 10.7. The van der Waals surface area contributed by atoms with Gasteiger partial charge in [-0.15, -0.1) is 0 Å². The number of carbonyl (C=O) groups is 1. The number of methoxy groups -OCH3 is 1. The van der Waals surface area contributed by atoms with E-state index in [1.54, 1.807) is 14.0 Å². The van der Waals surface area contributed by atoms with Gasteiger partial charge in [-0.05, 0) is 12.3 Å². The molecule has 1 aliphatic heterocycles. The van der Waals surface area contributed by atoms with Crippen molar-refractivity contribution in [2.45, 2.75) is 13.3 Å². The Hall–Kier alpha value is -0.650. The number of likely N-dealkylation sites (tertiary alicyclic amines) is 1. The highest BCUT2D eigenvalue weighted by atomic mass is 16.5. The Morgan fingerprint density at radius 3 is 2.71 bits per heavy atom. The van der Waals surface area contributed by atoms with Gasteiger partial charge in [-0.25, -0.2) is 0 Å². The fraction of sp³-hybridized carbons (Fsp3) is 0.917. The summed E-state index contributed by atoms with van der Waals surface area (Å²) in [5.74, 6) is -0.611. The van der Waals surface area contributed by atoms with E-state index in [9.17, 15) is 4.79 Å². The van der Waals surface area contributed by atoms with E-state index in [1.807, 2.05) is 0 Å². The van der Waals surface area contributed by atoms with Gasteiger partial charge in [-0.2, -0.15) is 0 Å². The second-order valence-electron chi connectivity index (χ2n) is 4.61. The SMILES string of the molecule is COCCCOCCN1CC(C(C)C(=O)O)C1. The molecule has 0 aromatic carbocycles. The van der Waals surface area contributed by atoms with Crippen molar-refractivity contribution in [2.24, 2.45) is 11.8 Å². The van der Waals surface area contributed by atoms with Crippen molar-refractivity contribution in [3.8, 4) is 0 Å². The van der Waals surface area contributed by atoms with Crippen molar-refractivity contribution in [3.05, 3.63) is 0 Å². The van der Waals surface area contributed by atoms with Gasteiger partial charge in [-0.1, -0.05) is 6.92 Å². The number of ether oxygens (including phenoxy) is 2. The van der Waals surface area contributed by atoms with Crippen LogP contribution < -0.4 is 0 Å². The third-order valence-electron chi connectivity index (χ3n) is 3.27. The highest BCUT2D eigenvalue weighted by Gasteiger charge is 2.33. The summed E-state index contributed by atoms with van der Waals surface area (Å²) in [6.45, 7) is 6.64. The summed E-state index contributed by atoms with van der Waals surface area (Å²) >= 11 is 0. The predicted octanol–water partition coefficient (Wildman–Crippen LogP) is 0.692. The van der Waals surface area contributed by atoms with Crippen LogP contribution in [-0.2, 0) is 14.3 Å². The molecule has 0 saturated carbocycles. The molecule has 1 rings (SSSR count). The van der Waals surface area contributed by atoms with Gasteiger partial charge in [0.15, 0.2) is 0 Å². The van der Waals surface area contributed by atoms with Crippen molar-refractivity contribution in [3.63, 3.8) is 0 Å². The maximum Gasteiger partial charge on any atom is 0.306 e. The zero-order valence-electron chi connectivity index (χ0n) is 10.7. The van der Waals surface area contributed by atoms with Crippen molar-refractivity contribution >= 4 is 5.97 Å². The first kappa shape index (κ1) is 14.4. The standard InChI is InChI=1S/C12H23NO4/c1-10(12(14)15)11-8-13(9-11)4-7-17-6-3-5-16-2/h10-11H,3-9H2,1-2H3,(H,14,15). The predicted molar refractivity (Wildman–Crippen MR) is 64.0 cm³/mol. The average Bonchev–Trinajstić information content (AvgIpc) is 2.24. The van der Waals surface area contributed by atoms with Gasteiger partial charge in [0, 0.05) is 40.0 Å². The van der Waals surface area contributed by atoms with E-state index in [-0.39, 0.29) is 5.92 Å². The summed E-state index contributed by atoms with van der Waals surface area (Å²) in [6, 6.07) is 0. The van der Waals surface area contributed by atoms with Gasteiger partial charge in [0.05, 0.1) is 12.5 Å². The third kappa shape index (κ3) is 5.02. The summed E-state index contributed by atoms with van der Waals surface area (Å²) in [5.41, 5.74) is 0. The molecular formula is C12H23NO4.